The van der Waals surface area contributed by atoms with Crippen LogP contribution in [0.5, 0.6) is 0 Å². The summed E-state index contributed by atoms with van der Waals surface area (Å²) in [5, 5.41) is 0. The zero-order chi connectivity index (χ0) is 9.26. The summed E-state index contributed by atoms with van der Waals surface area (Å²) in [7, 11) is -1.34. The summed E-state index contributed by atoms with van der Waals surface area (Å²) in [5.74, 6) is 0. The molecule has 1 atom stereocenters. The molecule has 0 radical (unpaired) electrons. The molecule has 1 aliphatic rings. The molecule has 13 heavy (non-hydrogen) atoms. The molecule has 6 heteroatoms. The molecule has 4 nitrogen and oxygen atoms in total. The van der Waals surface area contributed by atoms with E-state index in [0.29, 0.717) is 0 Å². The number of nitrogens with one attached hydrogen (secondary N) is 1. The Bertz CT molecular complexity index is 422. The van der Waals surface area contributed by atoms with Crippen molar-refractivity contribution in [3.8, 4) is 0 Å². The van der Waals surface area contributed by atoms with Gasteiger partial charge in [0.15, 0.2) is 0 Å². The first-order valence-corrected chi connectivity index (χ1v) is 8.34. The average molecular weight is 231 g/mol. The van der Waals surface area contributed by atoms with Gasteiger partial charge in [-0.25, -0.2) is 0 Å². The Labute approximate surface area is 82.8 Å². The van der Waals surface area contributed by atoms with Gasteiger partial charge in [-0.05, 0) is 0 Å². The molecule has 1 heterocycles. The minimum absolute atomic E-state index is 0.861. The summed E-state index contributed by atoms with van der Waals surface area (Å²) in [6.07, 6.45) is 1.63. The first kappa shape index (κ1) is 8.93. The Morgan fingerprint density at radius 1 is 1.31 bits per heavy atom. The molecule has 1 unspecified atom stereocenters. The maximum atomic E-state index is 10.8. The Hall–Kier alpha value is -0.646. The van der Waals surface area contributed by atoms with Crippen LogP contribution in [0.2, 0.25) is 0 Å². The normalized spacial score (nSPS) is 21.7. The molecule has 0 saturated heterocycles. The van der Waals surface area contributed by atoms with Gasteiger partial charge >= 0.3 is 82.9 Å². The van der Waals surface area contributed by atoms with E-state index in [2.05, 4.69) is 9.12 Å². The molecular weight excluding hydrogens is 224 g/mol. The van der Waals surface area contributed by atoms with E-state index in [4.69, 9.17) is 0 Å². The van der Waals surface area contributed by atoms with Crippen LogP contribution in [0.15, 0.2) is 28.7 Å². The minimum atomic E-state index is -3.41. The van der Waals surface area contributed by atoms with E-state index < -0.39 is 25.4 Å². The van der Waals surface area contributed by atoms with Gasteiger partial charge in [0.25, 0.3) is 0 Å². The molecule has 0 spiro atoms. The number of hydrogen-bond acceptors (Lipinski definition) is 4. The van der Waals surface area contributed by atoms with Crippen LogP contribution in [0.1, 0.15) is 5.56 Å². The van der Waals surface area contributed by atoms with Gasteiger partial charge in [0, 0.05) is 0 Å². The fraction of sp³-hybridized carbons (Fsp3) is 0. The van der Waals surface area contributed by atoms with Crippen LogP contribution in [0.4, 0.5) is 5.69 Å². The molecule has 1 aromatic rings. The molecule has 0 aliphatic carbocycles. The molecule has 1 N–H and O–H groups in total. The number of benzene rings is 1. The first-order valence-electron chi connectivity index (χ1n) is 3.68. The topological polar surface area (TPSA) is 58.5 Å². The van der Waals surface area contributed by atoms with Crippen molar-refractivity contribution in [3.63, 3.8) is 0 Å². The molecule has 0 bridgehead atoms. The van der Waals surface area contributed by atoms with Crippen molar-refractivity contribution < 1.29 is 23.2 Å². The third-order valence-electron chi connectivity index (χ3n) is 1.67. The van der Waals surface area contributed by atoms with Crippen LogP contribution in [0, 0.1) is 0 Å². The Morgan fingerprint density at radius 3 is 2.85 bits per heavy atom. The van der Waals surface area contributed by atoms with Crippen LogP contribution in [0.3, 0.4) is 0 Å². The number of para-hydroxylation sites is 1. The zero-order valence-corrected chi connectivity index (χ0v) is 9.05. The summed E-state index contributed by atoms with van der Waals surface area (Å²) in [4.78, 5) is 0. The van der Waals surface area contributed by atoms with Crippen LogP contribution in [-0.2, 0) is 23.2 Å². The second-order valence-corrected chi connectivity index (χ2v) is 7.92. The molecule has 67 valence electrons. The Balaban J connectivity index is 2.39. The van der Waals surface area contributed by atoms with Crippen LogP contribution >= 0.6 is 8.85 Å². The second kappa shape index (κ2) is 3.61. The van der Waals surface area contributed by atoms with Gasteiger partial charge in [0.2, 0.25) is 0 Å². The van der Waals surface area contributed by atoms with Gasteiger partial charge in [-0.3, -0.25) is 0 Å². The van der Waals surface area contributed by atoms with E-state index >= 15 is 0 Å². The van der Waals surface area contributed by atoms with Gasteiger partial charge in [0.05, 0.1) is 0 Å². The van der Waals surface area contributed by atoms with E-state index in [9.17, 15) is 6.65 Å². The van der Waals surface area contributed by atoms with Gasteiger partial charge in [0.1, 0.15) is 0 Å². The molecular formula is C7H7N2O2STi. The predicted molar refractivity (Wildman–Crippen MR) is 48.0 cm³/mol. The van der Waals surface area contributed by atoms with Gasteiger partial charge < -0.3 is 0 Å². The van der Waals surface area contributed by atoms with Crippen LogP contribution in [0.25, 0.3) is 0 Å². The summed E-state index contributed by atoms with van der Waals surface area (Å²) in [5.41, 5.74) is 1.81. The van der Waals surface area contributed by atoms with Crippen molar-refractivity contribution in [1.82, 2.24) is 0 Å². The SMILES string of the molecule is [O]=[Ti](=[O])[SH]1N=Cc2ccccc2N1. The molecule has 0 saturated carbocycles. The van der Waals surface area contributed by atoms with Crippen molar-refractivity contribution in [3.05, 3.63) is 29.8 Å². The van der Waals surface area contributed by atoms with Crippen molar-refractivity contribution in [2.75, 3.05) is 4.72 Å². The third kappa shape index (κ3) is 1.82. The molecule has 1 aromatic carbocycles. The standard InChI is InChI=1S/C7H6N2S.2O.Ti/c1-2-4-7-6(3-1)5-8-10-9-7;;;/h1-5,9H;;;/q;;;-1/p+1. The second-order valence-electron chi connectivity index (χ2n) is 2.52. The monoisotopic (exact) mass is 231 g/mol. The van der Waals surface area contributed by atoms with Gasteiger partial charge in [-0.2, -0.15) is 0 Å². The zero-order valence-electron chi connectivity index (χ0n) is 6.60. The Morgan fingerprint density at radius 2 is 2.08 bits per heavy atom. The first-order chi connectivity index (χ1) is 6.27. The maximum absolute atomic E-state index is 10.8. The summed E-state index contributed by atoms with van der Waals surface area (Å²) in [6, 6.07) is 7.52. The quantitative estimate of drug-likeness (QED) is 0.569. The number of anilines is 1. The molecule has 0 aromatic heterocycles. The molecule has 2 rings (SSSR count). The van der Waals surface area contributed by atoms with E-state index in [1.807, 2.05) is 24.3 Å². The summed E-state index contributed by atoms with van der Waals surface area (Å²) < 4.78 is 28.4. The Kier molecular flexibility index (Phi) is 2.48. The average Bonchev–Trinajstić information content (AvgIpc) is 2.17. The van der Waals surface area contributed by atoms with E-state index in [-0.39, 0.29) is 0 Å². The van der Waals surface area contributed by atoms with Crippen LogP contribution in [-0.4, -0.2) is 6.21 Å². The molecule has 1 aliphatic heterocycles. The van der Waals surface area contributed by atoms with E-state index in [0.717, 1.165) is 11.3 Å². The van der Waals surface area contributed by atoms with E-state index in [1.54, 1.807) is 6.21 Å². The van der Waals surface area contributed by atoms with Gasteiger partial charge in [-0.15, -0.1) is 0 Å². The summed E-state index contributed by atoms with van der Waals surface area (Å²) in [6.45, 7) is 0. The van der Waals surface area contributed by atoms with E-state index in [1.165, 1.54) is 0 Å². The number of thiol groups is 1. The number of rotatable bonds is 1. The van der Waals surface area contributed by atoms with Crippen molar-refractivity contribution in [1.29, 1.82) is 0 Å². The van der Waals surface area contributed by atoms with Crippen molar-refractivity contribution >= 4 is 20.8 Å². The van der Waals surface area contributed by atoms with Gasteiger partial charge in [-0.1, -0.05) is 0 Å². The number of nitrogens with zero attached hydrogens (tertiary/aromatic N) is 1. The molecule has 0 amide bonds. The predicted octanol–water partition coefficient (Wildman–Crippen LogP) is 1.59. The van der Waals surface area contributed by atoms with Crippen molar-refractivity contribution in [2.45, 2.75) is 0 Å². The van der Waals surface area contributed by atoms with Crippen LogP contribution < -0.4 is 4.72 Å². The molecule has 0 fully saturated rings. The number of hydrogen-bond donors (Lipinski definition) is 2. The third-order valence-corrected chi connectivity index (χ3v) is 5.50. The van der Waals surface area contributed by atoms with Crippen molar-refractivity contribution in [2.24, 2.45) is 4.40 Å². The number of fused-ring (bicyclic) bond motifs is 1. The fourth-order valence-corrected chi connectivity index (χ4v) is 3.69. The fourth-order valence-electron chi connectivity index (χ4n) is 1.07. The summed E-state index contributed by atoms with van der Waals surface area (Å²) >= 11 is -3.41.